The van der Waals surface area contributed by atoms with E-state index in [1.165, 1.54) is 21.6 Å². The van der Waals surface area contributed by atoms with Crippen LogP contribution in [0.15, 0.2) is 59.5 Å². The lowest BCUT2D eigenvalue weighted by Gasteiger charge is -2.21. The average molecular weight is 426 g/mol. The summed E-state index contributed by atoms with van der Waals surface area (Å²) in [6.45, 7) is -0.245. The predicted molar refractivity (Wildman–Crippen MR) is 115 cm³/mol. The Morgan fingerprint density at radius 3 is 2.33 bits per heavy atom. The normalized spacial score (nSPS) is 10.0. The molecule has 0 unspecified atom stereocenters. The lowest BCUT2D eigenvalue weighted by Crippen LogP contribution is -2.35. The van der Waals surface area contributed by atoms with Gasteiger partial charge >= 0.3 is 5.97 Å². The molecule has 2 amide bonds. The minimum Gasteiger partial charge on any atom is -0.452 e. The monoisotopic (exact) mass is 425 g/mol. The number of nitrogens with zero attached hydrogens (tertiary/aromatic N) is 3. The number of hydrogen-bond acceptors (Lipinski definition) is 6. The molecule has 0 aliphatic rings. The highest BCUT2D eigenvalue weighted by Crippen LogP contribution is 2.24. The van der Waals surface area contributed by atoms with Crippen LogP contribution in [0, 0.1) is 11.3 Å². The van der Waals surface area contributed by atoms with E-state index >= 15 is 0 Å². The molecule has 0 spiro atoms. The number of benzene rings is 2. The Labute approximate surface area is 180 Å². The van der Waals surface area contributed by atoms with Crippen molar-refractivity contribution >= 4 is 35.2 Å². The zero-order chi connectivity index (χ0) is 21.9. The number of amides is 2. The van der Waals surface area contributed by atoms with Crippen molar-refractivity contribution in [1.82, 2.24) is 4.90 Å². The maximum atomic E-state index is 12.6. The van der Waals surface area contributed by atoms with Crippen LogP contribution in [0.5, 0.6) is 0 Å². The molecule has 0 saturated carbocycles. The fraction of sp³-hybridized carbons (Fsp3) is 0.273. The van der Waals surface area contributed by atoms with Gasteiger partial charge in [-0.3, -0.25) is 9.59 Å². The van der Waals surface area contributed by atoms with E-state index in [4.69, 9.17) is 10.00 Å². The van der Waals surface area contributed by atoms with E-state index < -0.39 is 18.5 Å². The first kappa shape index (κ1) is 23.0. The summed E-state index contributed by atoms with van der Waals surface area (Å²) in [6.07, 6.45) is 0.161. The van der Waals surface area contributed by atoms with Gasteiger partial charge in [0, 0.05) is 31.2 Å². The van der Waals surface area contributed by atoms with E-state index in [2.05, 4.69) is 0 Å². The molecule has 7 nitrogen and oxygen atoms in total. The van der Waals surface area contributed by atoms with Crippen molar-refractivity contribution in [3.63, 3.8) is 0 Å². The van der Waals surface area contributed by atoms with Gasteiger partial charge in [0.1, 0.15) is 0 Å². The zero-order valence-corrected chi connectivity index (χ0v) is 17.7. The maximum absolute atomic E-state index is 12.6. The molecule has 0 aromatic heterocycles. The number of ether oxygens (including phenoxy) is 1. The second-order valence-corrected chi connectivity index (χ2v) is 7.46. The van der Waals surface area contributed by atoms with Gasteiger partial charge in [0.15, 0.2) is 6.61 Å². The largest absolute Gasteiger partial charge is 0.452 e. The highest BCUT2D eigenvalue weighted by atomic mass is 32.2. The molecule has 30 heavy (non-hydrogen) atoms. The molecule has 0 aliphatic carbocycles. The van der Waals surface area contributed by atoms with Crippen molar-refractivity contribution in [2.75, 3.05) is 37.9 Å². The average Bonchev–Trinajstić information content (AvgIpc) is 2.76. The highest BCUT2D eigenvalue weighted by molar-refractivity contribution is 8.00. The van der Waals surface area contributed by atoms with Crippen LogP contribution in [0.25, 0.3) is 0 Å². The Morgan fingerprint density at radius 1 is 1.00 bits per heavy atom. The molecular formula is C22H23N3O4S. The van der Waals surface area contributed by atoms with Crippen LogP contribution in [-0.2, 0) is 14.3 Å². The van der Waals surface area contributed by atoms with Crippen molar-refractivity contribution < 1.29 is 19.1 Å². The number of rotatable bonds is 9. The molecule has 0 N–H and O–H groups in total. The predicted octanol–water partition coefficient (Wildman–Crippen LogP) is 2.97. The number of esters is 1. The van der Waals surface area contributed by atoms with Crippen LogP contribution in [0.4, 0.5) is 5.69 Å². The number of nitriles is 1. The molecule has 0 saturated heterocycles. The van der Waals surface area contributed by atoms with E-state index in [0.717, 1.165) is 0 Å². The number of thioether (sulfide) groups is 1. The Kier molecular flexibility index (Phi) is 8.91. The van der Waals surface area contributed by atoms with Gasteiger partial charge in [0.05, 0.1) is 23.8 Å². The van der Waals surface area contributed by atoms with Gasteiger partial charge in [-0.25, -0.2) is 4.79 Å². The standard InChI is InChI=1S/C22H23N3O4S/c1-24(2)21(27)16-30-19-12-7-6-11-18(19)22(28)29-15-20(26)25(14-8-13-23)17-9-4-3-5-10-17/h3-7,9-12H,8,14-16H2,1-2H3. The van der Waals surface area contributed by atoms with Gasteiger partial charge in [-0.2, -0.15) is 5.26 Å². The first-order valence-corrected chi connectivity index (χ1v) is 10.2. The van der Waals surface area contributed by atoms with Crippen LogP contribution in [-0.4, -0.2) is 55.7 Å². The first-order valence-electron chi connectivity index (χ1n) is 9.25. The summed E-state index contributed by atoms with van der Waals surface area (Å²) in [7, 11) is 3.33. The molecule has 0 fully saturated rings. The summed E-state index contributed by atoms with van der Waals surface area (Å²) in [4.78, 5) is 40.5. The molecule has 2 aromatic carbocycles. The van der Waals surface area contributed by atoms with Gasteiger partial charge in [0.25, 0.3) is 5.91 Å². The van der Waals surface area contributed by atoms with E-state index in [1.807, 2.05) is 12.1 Å². The lowest BCUT2D eigenvalue weighted by atomic mass is 10.2. The summed E-state index contributed by atoms with van der Waals surface area (Å²) >= 11 is 1.24. The molecule has 0 heterocycles. The van der Waals surface area contributed by atoms with E-state index in [1.54, 1.807) is 62.6 Å². The summed E-state index contributed by atoms with van der Waals surface area (Å²) in [5.41, 5.74) is 0.928. The van der Waals surface area contributed by atoms with Gasteiger partial charge in [-0.05, 0) is 24.3 Å². The van der Waals surface area contributed by atoms with E-state index in [-0.39, 0.29) is 24.6 Å². The fourth-order valence-corrected chi connectivity index (χ4v) is 3.50. The van der Waals surface area contributed by atoms with Crippen LogP contribution in [0.3, 0.4) is 0 Å². The quantitative estimate of drug-likeness (QED) is 0.453. The Balaban J connectivity index is 2.04. The second kappa shape index (κ2) is 11.6. The molecule has 0 atom stereocenters. The summed E-state index contributed by atoms with van der Waals surface area (Å²) in [5.74, 6) is -0.948. The van der Waals surface area contributed by atoms with Crippen molar-refractivity contribution in [2.24, 2.45) is 0 Å². The second-order valence-electron chi connectivity index (χ2n) is 6.44. The van der Waals surface area contributed by atoms with Gasteiger partial charge in [0.2, 0.25) is 5.91 Å². The molecule has 2 aromatic rings. The molecule has 8 heteroatoms. The van der Waals surface area contributed by atoms with Crippen LogP contribution in [0.1, 0.15) is 16.8 Å². The van der Waals surface area contributed by atoms with Crippen molar-refractivity contribution in [3.8, 4) is 6.07 Å². The number of hydrogen-bond donors (Lipinski definition) is 0. The summed E-state index contributed by atoms with van der Waals surface area (Å²) in [5, 5.41) is 8.86. The number of carbonyl (C=O) groups excluding carboxylic acids is 3. The highest BCUT2D eigenvalue weighted by Gasteiger charge is 2.20. The van der Waals surface area contributed by atoms with Crippen LogP contribution >= 0.6 is 11.8 Å². The summed E-state index contributed by atoms with van der Waals surface area (Å²) < 4.78 is 5.25. The summed E-state index contributed by atoms with van der Waals surface area (Å²) in [6, 6.07) is 17.7. The number of para-hydroxylation sites is 1. The lowest BCUT2D eigenvalue weighted by molar-refractivity contribution is -0.126. The SMILES string of the molecule is CN(C)C(=O)CSc1ccccc1C(=O)OCC(=O)N(CCC#N)c1ccccc1. The molecular weight excluding hydrogens is 402 g/mol. The minimum atomic E-state index is -0.642. The Morgan fingerprint density at radius 2 is 1.67 bits per heavy atom. The third-order valence-electron chi connectivity index (χ3n) is 4.10. The fourth-order valence-electron chi connectivity index (χ4n) is 2.48. The number of anilines is 1. The minimum absolute atomic E-state index is 0.0747. The molecule has 0 radical (unpaired) electrons. The molecule has 156 valence electrons. The number of carbonyl (C=O) groups is 3. The van der Waals surface area contributed by atoms with Gasteiger partial charge in [-0.15, -0.1) is 11.8 Å². The topological polar surface area (TPSA) is 90.7 Å². The zero-order valence-electron chi connectivity index (χ0n) is 16.9. The molecule has 0 aliphatic heterocycles. The van der Waals surface area contributed by atoms with Crippen molar-refractivity contribution in [3.05, 3.63) is 60.2 Å². The Bertz CT molecular complexity index is 925. The first-order chi connectivity index (χ1) is 14.4. The van der Waals surface area contributed by atoms with Crippen LogP contribution in [0.2, 0.25) is 0 Å². The van der Waals surface area contributed by atoms with E-state index in [9.17, 15) is 14.4 Å². The smallest absolute Gasteiger partial charge is 0.339 e. The van der Waals surface area contributed by atoms with Crippen LogP contribution < -0.4 is 4.90 Å². The van der Waals surface area contributed by atoms with Gasteiger partial charge in [-0.1, -0.05) is 30.3 Å². The van der Waals surface area contributed by atoms with Crippen molar-refractivity contribution in [1.29, 1.82) is 5.26 Å². The third-order valence-corrected chi connectivity index (χ3v) is 5.16. The third kappa shape index (κ3) is 6.64. The Hall–Kier alpha value is -3.31. The van der Waals surface area contributed by atoms with E-state index in [0.29, 0.717) is 16.1 Å². The molecule has 0 bridgehead atoms. The maximum Gasteiger partial charge on any atom is 0.339 e. The van der Waals surface area contributed by atoms with Crippen molar-refractivity contribution in [2.45, 2.75) is 11.3 Å². The van der Waals surface area contributed by atoms with Gasteiger partial charge < -0.3 is 14.5 Å². The molecule has 2 rings (SSSR count).